The fourth-order valence-electron chi connectivity index (χ4n) is 2.71. The number of rotatable bonds is 6. The van der Waals surface area contributed by atoms with E-state index in [-0.39, 0.29) is 12.0 Å². The summed E-state index contributed by atoms with van der Waals surface area (Å²) < 4.78 is 11.0. The quantitative estimate of drug-likeness (QED) is 0.716. The Hall–Kier alpha value is -2.19. The summed E-state index contributed by atoms with van der Waals surface area (Å²) >= 11 is 6.28. The van der Waals surface area contributed by atoms with Crippen LogP contribution < -0.4 is 9.47 Å². The number of hydrogen-bond donors (Lipinski definition) is 0. The number of carbonyl (C=O) groups is 1. The fraction of sp³-hybridized carbons (Fsp3) is 0.474. The Morgan fingerprint density at radius 3 is 2.60 bits per heavy atom. The van der Waals surface area contributed by atoms with E-state index in [0.717, 1.165) is 24.8 Å². The molecule has 0 radical (unpaired) electrons. The minimum absolute atomic E-state index is 0.0346. The number of amides is 1. The second-order valence-electron chi connectivity index (χ2n) is 6.43. The number of hydrogen-bond acceptors (Lipinski definition) is 4. The first-order valence-corrected chi connectivity index (χ1v) is 8.62. The normalized spacial score (nSPS) is 15.6. The number of likely N-dealkylation sites (N-methyl/N-ethyl adjacent to an activating group) is 1. The summed E-state index contributed by atoms with van der Waals surface area (Å²) in [6, 6.07) is 5.74. The molecule has 0 unspecified atom stereocenters. The lowest BCUT2D eigenvalue weighted by atomic mass is 9.76. The lowest BCUT2D eigenvalue weighted by molar-refractivity contribution is -0.130. The molecule has 0 atom stereocenters. The molecule has 1 amide bonds. The van der Waals surface area contributed by atoms with Gasteiger partial charge < -0.3 is 14.4 Å². The number of methoxy groups -OCH3 is 1. The molecule has 1 aliphatic carbocycles. The number of ether oxygens (including phenoxy) is 2. The molecule has 0 aromatic heterocycles. The van der Waals surface area contributed by atoms with Crippen LogP contribution in [0.1, 0.15) is 38.7 Å². The summed E-state index contributed by atoms with van der Waals surface area (Å²) in [5.74, 6) is 0.783. The molecule has 0 saturated heterocycles. The van der Waals surface area contributed by atoms with Gasteiger partial charge in [0.15, 0.2) is 11.5 Å². The average Bonchev–Trinajstić information content (AvgIpc) is 2.53. The monoisotopic (exact) mass is 362 g/mol. The molecule has 2 rings (SSSR count). The Balaban J connectivity index is 2.19. The van der Waals surface area contributed by atoms with E-state index in [1.54, 1.807) is 32.4 Å². The van der Waals surface area contributed by atoms with Crippen molar-refractivity contribution in [3.63, 3.8) is 0 Å². The van der Waals surface area contributed by atoms with E-state index in [2.05, 4.69) is 6.07 Å². The van der Waals surface area contributed by atoms with Crippen LogP contribution in [0.4, 0.5) is 0 Å². The van der Waals surface area contributed by atoms with Crippen LogP contribution in [0.3, 0.4) is 0 Å². The lowest BCUT2D eigenvalue weighted by Crippen LogP contribution is -2.52. The maximum absolute atomic E-state index is 12.4. The van der Waals surface area contributed by atoms with Gasteiger partial charge >= 0.3 is 0 Å². The molecule has 0 aliphatic heterocycles. The standard InChI is InChI=1S/C19H23ClN2O3/c1-13(2)25-18-15(20)10-14(11-16(18)24-4)6-7-17(23)22(3)19(12-21)8-5-9-19/h6-7,10-11,13H,5,8-9H2,1-4H3/b7-6+. The average molecular weight is 363 g/mol. The van der Waals surface area contributed by atoms with E-state index in [9.17, 15) is 10.1 Å². The van der Waals surface area contributed by atoms with Crippen molar-refractivity contribution in [3.8, 4) is 17.6 Å². The van der Waals surface area contributed by atoms with Gasteiger partial charge in [0.2, 0.25) is 5.91 Å². The molecular weight excluding hydrogens is 340 g/mol. The number of benzene rings is 1. The summed E-state index contributed by atoms with van der Waals surface area (Å²) in [7, 11) is 3.21. The molecule has 6 heteroatoms. The summed E-state index contributed by atoms with van der Waals surface area (Å²) in [5, 5.41) is 9.75. The van der Waals surface area contributed by atoms with E-state index >= 15 is 0 Å². The van der Waals surface area contributed by atoms with Crippen LogP contribution in [0, 0.1) is 11.3 Å². The van der Waals surface area contributed by atoms with Crippen LogP contribution in [0.15, 0.2) is 18.2 Å². The molecule has 5 nitrogen and oxygen atoms in total. The minimum atomic E-state index is -0.661. The number of nitrogens with zero attached hydrogens (tertiary/aromatic N) is 2. The lowest BCUT2D eigenvalue weighted by Gasteiger charge is -2.42. The predicted molar refractivity (Wildman–Crippen MR) is 97.8 cm³/mol. The first-order valence-electron chi connectivity index (χ1n) is 8.24. The predicted octanol–water partition coefficient (Wildman–Crippen LogP) is 4.05. The van der Waals surface area contributed by atoms with Gasteiger partial charge in [-0.3, -0.25) is 4.79 Å². The van der Waals surface area contributed by atoms with Crippen molar-refractivity contribution >= 4 is 23.6 Å². The van der Waals surface area contributed by atoms with Gasteiger partial charge in [-0.1, -0.05) is 11.6 Å². The SMILES string of the molecule is COc1cc(/C=C/C(=O)N(C)C2(C#N)CCC2)cc(Cl)c1OC(C)C. The molecule has 1 aliphatic rings. The van der Waals surface area contributed by atoms with Gasteiger partial charge in [-0.05, 0) is 56.9 Å². The second kappa shape index (κ2) is 7.79. The first-order chi connectivity index (χ1) is 11.8. The Morgan fingerprint density at radius 2 is 2.12 bits per heavy atom. The largest absolute Gasteiger partial charge is 0.493 e. The Labute approximate surface area is 153 Å². The molecule has 0 heterocycles. The van der Waals surface area contributed by atoms with Gasteiger partial charge in [0.1, 0.15) is 5.54 Å². The van der Waals surface area contributed by atoms with Gasteiger partial charge in [-0.2, -0.15) is 5.26 Å². The third-order valence-electron chi connectivity index (χ3n) is 4.39. The van der Waals surface area contributed by atoms with Crippen molar-refractivity contribution in [2.24, 2.45) is 0 Å². The molecule has 1 aromatic rings. The van der Waals surface area contributed by atoms with Crippen molar-refractivity contribution in [2.45, 2.75) is 44.8 Å². The van der Waals surface area contributed by atoms with Crippen molar-refractivity contribution in [1.29, 1.82) is 5.26 Å². The second-order valence-corrected chi connectivity index (χ2v) is 6.84. The highest BCUT2D eigenvalue weighted by molar-refractivity contribution is 6.32. The minimum Gasteiger partial charge on any atom is -0.493 e. The summed E-state index contributed by atoms with van der Waals surface area (Å²) in [6.45, 7) is 3.81. The van der Waals surface area contributed by atoms with E-state index in [0.29, 0.717) is 16.5 Å². The molecule has 134 valence electrons. The highest BCUT2D eigenvalue weighted by atomic mass is 35.5. The van der Waals surface area contributed by atoms with Crippen LogP contribution in [-0.2, 0) is 4.79 Å². The van der Waals surface area contributed by atoms with E-state index in [1.165, 1.54) is 11.0 Å². The van der Waals surface area contributed by atoms with Crippen LogP contribution in [0.5, 0.6) is 11.5 Å². The maximum atomic E-state index is 12.4. The van der Waals surface area contributed by atoms with Gasteiger partial charge in [-0.15, -0.1) is 0 Å². The zero-order chi connectivity index (χ0) is 18.6. The number of halogens is 1. The molecule has 0 bridgehead atoms. The highest BCUT2D eigenvalue weighted by Gasteiger charge is 2.42. The van der Waals surface area contributed by atoms with Crippen LogP contribution >= 0.6 is 11.6 Å². The molecule has 0 spiro atoms. The topological polar surface area (TPSA) is 62.6 Å². The van der Waals surface area contributed by atoms with Crippen molar-refractivity contribution in [3.05, 3.63) is 28.8 Å². The third-order valence-corrected chi connectivity index (χ3v) is 4.67. The van der Waals surface area contributed by atoms with Crippen molar-refractivity contribution < 1.29 is 14.3 Å². The third kappa shape index (κ3) is 4.08. The Bertz CT molecular complexity index is 718. The van der Waals surface area contributed by atoms with Gasteiger partial charge in [0, 0.05) is 13.1 Å². The van der Waals surface area contributed by atoms with E-state index in [1.807, 2.05) is 13.8 Å². The smallest absolute Gasteiger partial charge is 0.247 e. The van der Waals surface area contributed by atoms with Gasteiger partial charge in [0.05, 0.1) is 24.3 Å². The van der Waals surface area contributed by atoms with Gasteiger partial charge in [0.25, 0.3) is 0 Å². The van der Waals surface area contributed by atoms with Crippen LogP contribution in [0.2, 0.25) is 5.02 Å². The van der Waals surface area contributed by atoms with Crippen molar-refractivity contribution in [2.75, 3.05) is 14.2 Å². The zero-order valence-electron chi connectivity index (χ0n) is 15.0. The molecular formula is C19H23ClN2O3. The molecule has 1 fully saturated rings. The van der Waals surface area contributed by atoms with Gasteiger partial charge in [-0.25, -0.2) is 0 Å². The highest BCUT2D eigenvalue weighted by Crippen LogP contribution is 2.38. The molecule has 0 N–H and O–H groups in total. The molecule has 1 aromatic carbocycles. The van der Waals surface area contributed by atoms with Crippen LogP contribution in [0.25, 0.3) is 6.08 Å². The first kappa shape index (κ1) is 19.1. The number of carbonyl (C=O) groups excluding carboxylic acids is 1. The van der Waals surface area contributed by atoms with Crippen molar-refractivity contribution in [1.82, 2.24) is 4.90 Å². The summed E-state index contributed by atoms with van der Waals surface area (Å²) in [4.78, 5) is 13.9. The summed E-state index contributed by atoms with van der Waals surface area (Å²) in [6.07, 6.45) is 5.49. The number of nitriles is 1. The van der Waals surface area contributed by atoms with Crippen LogP contribution in [-0.4, -0.2) is 36.6 Å². The fourth-order valence-corrected chi connectivity index (χ4v) is 2.97. The Kier molecular flexibility index (Phi) is 5.97. The Morgan fingerprint density at radius 1 is 1.44 bits per heavy atom. The van der Waals surface area contributed by atoms with E-state index < -0.39 is 5.54 Å². The maximum Gasteiger partial charge on any atom is 0.247 e. The zero-order valence-corrected chi connectivity index (χ0v) is 15.8. The summed E-state index contributed by atoms with van der Waals surface area (Å²) in [5.41, 5.74) is 0.0606. The molecule has 1 saturated carbocycles. The molecule has 25 heavy (non-hydrogen) atoms. The van der Waals surface area contributed by atoms with E-state index in [4.69, 9.17) is 21.1 Å².